The molecule has 1 N–H and O–H groups in total. The Bertz CT molecular complexity index is 600. The third-order valence-corrected chi connectivity index (χ3v) is 4.09. The molecule has 1 aromatic heterocycles. The average Bonchev–Trinajstić information content (AvgIpc) is 2.81. The van der Waals surface area contributed by atoms with Crippen LogP contribution in [0, 0.1) is 6.92 Å². The second kappa shape index (κ2) is 6.81. The van der Waals surface area contributed by atoms with E-state index < -0.39 is 0 Å². The lowest BCUT2D eigenvalue weighted by Crippen LogP contribution is -2.22. The molecule has 1 atom stereocenters. The molecule has 106 valence electrons. The lowest BCUT2D eigenvalue weighted by Gasteiger charge is -2.10. The van der Waals surface area contributed by atoms with Crippen LogP contribution in [0.3, 0.4) is 0 Å². The van der Waals surface area contributed by atoms with Crippen molar-refractivity contribution in [3.63, 3.8) is 0 Å². The zero-order valence-electron chi connectivity index (χ0n) is 11.2. The molecule has 0 aliphatic carbocycles. The van der Waals surface area contributed by atoms with Gasteiger partial charge in [0.25, 0.3) is 0 Å². The number of rotatable bonds is 5. The van der Waals surface area contributed by atoms with Crippen LogP contribution >= 0.6 is 23.4 Å². The number of nitrogens with zero attached hydrogens (tertiary/aromatic N) is 1. The topological polar surface area (TPSA) is 55.1 Å². The predicted molar refractivity (Wildman–Crippen MR) is 82.1 cm³/mol. The number of carbonyl (C=O) groups is 1. The molecule has 2 rings (SSSR count). The summed E-state index contributed by atoms with van der Waals surface area (Å²) in [6.45, 7) is 3.64. The van der Waals surface area contributed by atoms with Crippen molar-refractivity contribution in [1.29, 1.82) is 0 Å². The number of anilines is 1. The summed E-state index contributed by atoms with van der Waals surface area (Å²) < 4.78 is 4.90. The Morgan fingerprint density at radius 3 is 2.95 bits per heavy atom. The zero-order chi connectivity index (χ0) is 14.5. The highest BCUT2D eigenvalue weighted by Gasteiger charge is 2.15. The van der Waals surface area contributed by atoms with E-state index in [9.17, 15) is 4.79 Å². The van der Waals surface area contributed by atoms with Crippen molar-refractivity contribution in [2.24, 2.45) is 0 Å². The van der Waals surface area contributed by atoms with Gasteiger partial charge in [0.1, 0.15) is 5.76 Å². The standard InChI is InChI=1S/C14H15ClN2O2S/c1-9-6-13(17-19-9)16-14(18)10(2)20-8-11-4-3-5-12(15)7-11/h3-7,10H,8H2,1-2H3,(H,16,17,18)/t10-/m0/s1. The number of thioether (sulfide) groups is 1. The Balaban J connectivity index is 1.85. The second-order valence-electron chi connectivity index (χ2n) is 4.40. The van der Waals surface area contributed by atoms with Gasteiger partial charge in [-0.3, -0.25) is 4.79 Å². The predicted octanol–water partition coefficient (Wildman–Crippen LogP) is 3.90. The zero-order valence-corrected chi connectivity index (χ0v) is 12.8. The highest BCUT2D eigenvalue weighted by Crippen LogP contribution is 2.21. The Labute approximate surface area is 126 Å². The van der Waals surface area contributed by atoms with Crippen molar-refractivity contribution in [2.75, 3.05) is 5.32 Å². The third-order valence-electron chi connectivity index (χ3n) is 2.64. The number of nitrogens with one attached hydrogen (secondary N) is 1. The van der Waals surface area contributed by atoms with Crippen LogP contribution < -0.4 is 5.32 Å². The van der Waals surface area contributed by atoms with Gasteiger partial charge < -0.3 is 9.84 Å². The molecule has 1 aromatic carbocycles. The number of halogens is 1. The number of carbonyl (C=O) groups excluding carboxylic acids is 1. The minimum Gasteiger partial charge on any atom is -0.360 e. The molecule has 0 aliphatic heterocycles. The summed E-state index contributed by atoms with van der Waals surface area (Å²) in [7, 11) is 0. The van der Waals surface area contributed by atoms with Crippen molar-refractivity contribution in [2.45, 2.75) is 24.9 Å². The summed E-state index contributed by atoms with van der Waals surface area (Å²) >= 11 is 7.47. The number of aromatic nitrogens is 1. The first-order valence-electron chi connectivity index (χ1n) is 6.15. The van der Waals surface area contributed by atoms with Gasteiger partial charge in [-0.25, -0.2) is 0 Å². The Morgan fingerprint density at radius 2 is 2.30 bits per heavy atom. The molecule has 0 fully saturated rings. The first kappa shape index (κ1) is 14.9. The van der Waals surface area contributed by atoms with Gasteiger partial charge >= 0.3 is 0 Å². The minimum absolute atomic E-state index is 0.0923. The van der Waals surface area contributed by atoms with E-state index >= 15 is 0 Å². The second-order valence-corrected chi connectivity index (χ2v) is 6.16. The van der Waals surface area contributed by atoms with Crippen LogP contribution in [-0.2, 0) is 10.5 Å². The van der Waals surface area contributed by atoms with Gasteiger partial charge in [0.15, 0.2) is 5.82 Å². The van der Waals surface area contributed by atoms with Crippen molar-refractivity contribution >= 4 is 35.1 Å². The molecular formula is C14H15ClN2O2S. The van der Waals surface area contributed by atoms with Crippen LogP contribution in [0.15, 0.2) is 34.9 Å². The third kappa shape index (κ3) is 4.28. The molecule has 0 saturated heterocycles. The van der Waals surface area contributed by atoms with E-state index in [1.165, 1.54) is 0 Å². The number of benzene rings is 1. The number of amides is 1. The van der Waals surface area contributed by atoms with Crippen molar-refractivity contribution in [3.05, 3.63) is 46.7 Å². The first-order chi connectivity index (χ1) is 9.54. The molecule has 0 saturated carbocycles. The molecule has 0 spiro atoms. The maximum atomic E-state index is 12.0. The first-order valence-corrected chi connectivity index (χ1v) is 7.57. The van der Waals surface area contributed by atoms with E-state index in [1.54, 1.807) is 24.8 Å². The van der Waals surface area contributed by atoms with E-state index in [1.807, 2.05) is 31.2 Å². The Morgan fingerprint density at radius 1 is 1.50 bits per heavy atom. The maximum absolute atomic E-state index is 12.0. The smallest absolute Gasteiger partial charge is 0.238 e. The summed E-state index contributed by atoms with van der Waals surface area (Å²) in [6.07, 6.45) is 0. The molecule has 2 aromatic rings. The molecule has 0 bridgehead atoms. The van der Waals surface area contributed by atoms with E-state index in [0.29, 0.717) is 16.6 Å². The van der Waals surface area contributed by atoms with Crippen LogP contribution in [0.1, 0.15) is 18.2 Å². The molecule has 0 unspecified atom stereocenters. The number of aryl methyl sites for hydroxylation is 1. The molecule has 0 radical (unpaired) electrons. The van der Waals surface area contributed by atoms with E-state index in [4.69, 9.17) is 16.1 Å². The lowest BCUT2D eigenvalue weighted by atomic mass is 10.2. The summed E-state index contributed by atoms with van der Waals surface area (Å²) in [5.41, 5.74) is 1.10. The quantitative estimate of drug-likeness (QED) is 0.910. The van der Waals surface area contributed by atoms with Gasteiger partial charge in [-0.15, -0.1) is 11.8 Å². The van der Waals surface area contributed by atoms with Crippen molar-refractivity contribution in [3.8, 4) is 0 Å². The minimum atomic E-state index is -0.189. The molecular weight excluding hydrogens is 296 g/mol. The molecule has 1 heterocycles. The lowest BCUT2D eigenvalue weighted by molar-refractivity contribution is -0.115. The van der Waals surface area contributed by atoms with Crippen LogP contribution in [0.2, 0.25) is 5.02 Å². The summed E-state index contributed by atoms with van der Waals surface area (Å²) in [6, 6.07) is 9.32. The van der Waals surface area contributed by atoms with Gasteiger partial charge in [-0.05, 0) is 31.5 Å². The van der Waals surface area contributed by atoms with Gasteiger partial charge in [-0.1, -0.05) is 28.9 Å². The highest BCUT2D eigenvalue weighted by molar-refractivity contribution is 7.99. The van der Waals surface area contributed by atoms with Gasteiger partial charge in [0.2, 0.25) is 5.91 Å². The number of hydrogen-bond donors (Lipinski definition) is 1. The highest BCUT2D eigenvalue weighted by atomic mass is 35.5. The fourth-order valence-corrected chi connectivity index (χ4v) is 2.62. The molecule has 20 heavy (non-hydrogen) atoms. The van der Waals surface area contributed by atoms with E-state index in [-0.39, 0.29) is 11.2 Å². The monoisotopic (exact) mass is 310 g/mol. The maximum Gasteiger partial charge on any atom is 0.238 e. The summed E-state index contributed by atoms with van der Waals surface area (Å²) in [4.78, 5) is 12.0. The van der Waals surface area contributed by atoms with Gasteiger partial charge in [0.05, 0.1) is 5.25 Å². The fourth-order valence-electron chi connectivity index (χ4n) is 1.58. The van der Waals surface area contributed by atoms with Crippen molar-refractivity contribution < 1.29 is 9.32 Å². The largest absolute Gasteiger partial charge is 0.360 e. The van der Waals surface area contributed by atoms with Gasteiger partial charge in [0, 0.05) is 16.8 Å². The molecule has 4 nitrogen and oxygen atoms in total. The van der Waals surface area contributed by atoms with Crippen molar-refractivity contribution in [1.82, 2.24) is 5.16 Å². The van der Waals surface area contributed by atoms with Crippen LogP contribution in [0.5, 0.6) is 0 Å². The van der Waals surface area contributed by atoms with Crippen LogP contribution in [0.4, 0.5) is 5.82 Å². The fraction of sp³-hybridized carbons (Fsp3) is 0.286. The Kier molecular flexibility index (Phi) is 5.09. The normalized spacial score (nSPS) is 12.2. The SMILES string of the molecule is Cc1cc(NC(=O)[C@H](C)SCc2cccc(Cl)c2)no1. The van der Waals surface area contributed by atoms with E-state index in [0.717, 1.165) is 11.3 Å². The average molecular weight is 311 g/mol. The van der Waals surface area contributed by atoms with Crippen LogP contribution in [0.25, 0.3) is 0 Å². The summed E-state index contributed by atoms with van der Waals surface area (Å²) in [5.74, 6) is 1.75. The summed E-state index contributed by atoms with van der Waals surface area (Å²) in [5, 5.41) is 6.97. The Hall–Kier alpha value is -1.46. The molecule has 1 amide bonds. The molecule has 0 aliphatic rings. The van der Waals surface area contributed by atoms with Crippen LogP contribution in [-0.4, -0.2) is 16.3 Å². The van der Waals surface area contributed by atoms with E-state index in [2.05, 4.69) is 10.5 Å². The van der Waals surface area contributed by atoms with Gasteiger partial charge in [-0.2, -0.15) is 0 Å². The number of hydrogen-bond acceptors (Lipinski definition) is 4. The molecule has 6 heteroatoms.